The van der Waals surface area contributed by atoms with E-state index in [2.05, 4.69) is 24.0 Å². The van der Waals surface area contributed by atoms with Crippen LogP contribution in [0.4, 0.5) is 0 Å². The van der Waals surface area contributed by atoms with Crippen LogP contribution < -0.4 is 5.56 Å². The zero-order valence-corrected chi connectivity index (χ0v) is 17.7. The SMILES string of the molecule is CC(Cn1cc(-c2ccccc2)c2ccccc2c1=O)N(C)C.O=C(O)/C=C\C(=O)O. The summed E-state index contributed by atoms with van der Waals surface area (Å²) in [7, 11) is 4.07. The number of aliphatic carboxylic acids is 2. The summed E-state index contributed by atoms with van der Waals surface area (Å²) in [6.45, 7) is 2.81. The van der Waals surface area contributed by atoms with Crippen molar-refractivity contribution >= 4 is 22.7 Å². The normalized spacial score (nSPS) is 11.9. The molecule has 0 fully saturated rings. The first kappa shape index (κ1) is 23.6. The first-order valence-corrected chi connectivity index (χ1v) is 9.68. The standard InChI is InChI=1S/C20H22N2O.C4H4O4/c1-15(21(2)3)13-22-14-19(16-9-5-4-6-10-16)17-11-7-8-12-18(17)20(22)23;5-3(6)1-2-4(7)8/h4-12,14-15H,13H2,1-3H3;1-2H,(H,5,6)(H,7,8)/b;2-1-. The van der Waals surface area contributed by atoms with E-state index in [0.29, 0.717) is 18.7 Å². The maximum atomic E-state index is 12.8. The number of carbonyl (C=O) groups is 2. The summed E-state index contributed by atoms with van der Waals surface area (Å²) in [5.41, 5.74) is 2.32. The number of pyridine rings is 1. The molecule has 0 aliphatic heterocycles. The Hall–Kier alpha value is -3.71. The number of fused-ring (bicyclic) bond motifs is 1. The third-order valence-electron chi connectivity index (χ3n) is 4.79. The van der Waals surface area contributed by atoms with E-state index in [1.54, 1.807) is 0 Å². The molecule has 162 valence electrons. The quantitative estimate of drug-likeness (QED) is 0.591. The largest absolute Gasteiger partial charge is 0.478 e. The Morgan fingerprint density at radius 2 is 1.45 bits per heavy atom. The summed E-state index contributed by atoms with van der Waals surface area (Å²) in [6.07, 6.45) is 3.12. The summed E-state index contributed by atoms with van der Waals surface area (Å²) in [5, 5.41) is 17.4. The second-order valence-electron chi connectivity index (χ2n) is 7.23. The zero-order chi connectivity index (χ0) is 23.0. The van der Waals surface area contributed by atoms with Gasteiger partial charge in [-0.2, -0.15) is 0 Å². The lowest BCUT2D eigenvalue weighted by Crippen LogP contribution is -2.33. The van der Waals surface area contributed by atoms with E-state index in [9.17, 15) is 14.4 Å². The molecule has 0 saturated carbocycles. The van der Waals surface area contributed by atoms with Gasteiger partial charge in [-0.1, -0.05) is 48.5 Å². The van der Waals surface area contributed by atoms with E-state index in [0.717, 1.165) is 21.9 Å². The molecule has 2 aromatic carbocycles. The molecule has 7 nitrogen and oxygen atoms in total. The average Bonchev–Trinajstić information content (AvgIpc) is 2.75. The lowest BCUT2D eigenvalue weighted by Gasteiger charge is -2.21. The fourth-order valence-corrected chi connectivity index (χ4v) is 2.92. The van der Waals surface area contributed by atoms with Crippen LogP contribution in [0.1, 0.15) is 6.92 Å². The van der Waals surface area contributed by atoms with Crippen molar-refractivity contribution in [1.29, 1.82) is 0 Å². The molecule has 0 saturated heterocycles. The van der Waals surface area contributed by atoms with Crippen LogP contribution in [0, 0.1) is 0 Å². The predicted molar refractivity (Wildman–Crippen MR) is 121 cm³/mol. The number of aromatic nitrogens is 1. The second kappa shape index (κ2) is 10.9. The summed E-state index contributed by atoms with van der Waals surface area (Å²) in [5.74, 6) is -2.51. The molecule has 0 aliphatic rings. The molecule has 0 spiro atoms. The highest BCUT2D eigenvalue weighted by atomic mass is 16.4. The molecule has 0 bridgehead atoms. The van der Waals surface area contributed by atoms with Crippen LogP contribution in [0.3, 0.4) is 0 Å². The van der Waals surface area contributed by atoms with Gasteiger partial charge >= 0.3 is 11.9 Å². The highest BCUT2D eigenvalue weighted by molar-refractivity contribution is 5.95. The summed E-state index contributed by atoms with van der Waals surface area (Å²) in [6, 6.07) is 18.4. The van der Waals surface area contributed by atoms with Crippen molar-refractivity contribution in [3.8, 4) is 11.1 Å². The molecule has 0 aliphatic carbocycles. The lowest BCUT2D eigenvalue weighted by molar-refractivity contribution is -0.134. The van der Waals surface area contributed by atoms with Gasteiger partial charge in [0.25, 0.3) is 5.56 Å². The van der Waals surface area contributed by atoms with Crippen molar-refractivity contribution < 1.29 is 19.8 Å². The molecule has 1 aromatic heterocycles. The monoisotopic (exact) mass is 422 g/mol. The molecule has 7 heteroatoms. The third-order valence-corrected chi connectivity index (χ3v) is 4.79. The van der Waals surface area contributed by atoms with Crippen LogP contribution in [0.5, 0.6) is 0 Å². The first-order valence-electron chi connectivity index (χ1n) is 9.68. The van der Waals surface area contributed by atoms with Crippen LogP contribution in [0.15, 0.2) is 77.7 Å². The Morgan fingerprint density at radius 3 is 1.97 bits per heavy atom. The minimum atomic E-state index is -1.26. The molecular formula is C24H26N2O5. The maximum Gasteiger partial charge on any atom is 0.328 e. The molecule has 3 rings (SSSR count). The van der Waals surface area contributed by atoms with Gasteiger partial charge in [-0.3, -0.25) is 4.79 Å². The topological polar surface area (TPSA) is 99.8 Å². The van der Waals surface area contributed by atoms with E-state index in [4.69, 9.17) is 10.2 Å². The third kappa shape index (κ3) is 6.65. The van der Waals surface area contributed by atoms with Crippen LogP contribution in [-0.4, -0.2) is 51.8 Å². The summed E-state index contributed by atoms with van der Waals surface area (Å²) in [4.78, 5) is 34.1. The van der Waals surface area contributed by atoms with E-state index < -0.39 is 11.9 Å². The molecule has 1 heterocycles. The van der Waals surface area contributed by atoms with E-state index in [1.807, 2.05) is 67.3 Å². The fraction of sp³-hybridized carbons (Fsp3) is 0.208. The highest BCUT2D eigenvalue weighted by Crippen LogP contribution is 2.26. The van der Waals surface area contributed by atoms with Gasteiger partial charge in [0.15, 0.2) is 0 Å². The number of likely N-dealkylation sites (N-methyl/N-ethyl adjacent to an activating group) is 1. The fourth-order valence-electron chi connectivity index (χ4n) is 2.92. The van der Waals surface area contributed by atoms with Crippen molar-refractivity contribution in [3.63, 3.8) is 0 Å². The molecule has 1 unspecified atom stereocenters. The molecular weight excluding hydrogens is 396 g/mol. The minimum Gasteiger partial charge on any atom is -0.478 e. The number of carboxylic acids is 2. The lowest BCUT2D eigenvalue weighted by atomic mass is 10.0. The number of hydrogen-bond acceptors (Lipinski definition) is 4. The Bertz CT molecular complexity index is 1120. The van der Waals surface area contributed by atoms with E-state index >= 15 is 0 Å². The number of benzene rings is 2. The van der Waals surface area contributed by atoms with Gasteiger partial charge in [0, 0.05) is 41.9 Å². The van der Waals surface area contributed by atoms with Gasteiger partial charge in [0.2, 0.25) is 0 Å². The number of rotatable bonds is 6. The summed E-state index contributed by atoms with van der Waals surface area (Å²) < 4.78 is 1.84. The zero-order valence-electron chi connectivity index (χ0n) is 17.7. The molecule has 31 heavy (non-hydrogen) atoms. The predicted octanol–water partition coefficient (Wildman–Crippen LogP) is 3.33. The maximum absolute atomic E-state index is 12.8. The Morgan fingerprint density at radius 1 is 0.935 bits per heavy atom. The minimum absolute atomic E-state index is 0.0778. The van der Waals surface area contributed by atoms with Crippen molar-refractivity contribution in [3.05, 3.63) is 83.3 Å². The molecule has 1 atom stereocenters. The van der Waals surface area contributed by atoms with Crippen molar-refractivity contribution in [2.24, 2.45) is 0 Å². The second-order valence-corrected chi connectivity index (χ2v) is 7.23. The van der Waals surface area contributed by atoms with Gasteiger partial charge < -0.3 is 19.7 Å². The van der Waals surface area contributed by atoms with Crippen molar-refractivity contribution in [2.75, 3.05) is 14.1 Å². The number of carboxylic acid groups (broad SMARTS) is 2. The Labute approximate surface area is 180 Å². The van der Waals surface area contributed by atoms with Gasteiger partial charge in [0.1, 0.15) is 0 Å². The molecule has 2 N–H and O–H groups in total. The van der Waals surface area contributed by atoms with Crippen LogP contribution in [0.2, 0.25) is 0 Å². The number of hydrogen-bond donors (Lipinski definition) is 2. The van der Waals surface area contributed by atoms with Gasteiger partial charge in [0.05, 0.1) is 0 Å². The Kier molecular flexibility index (Phi) is 8.28. The Balaban J connectivity index is 0.000000366. The van der Waals surface area contributed by atoms with Gasteiger partial charge in [-0.25, -0.2) is 9.59 Å². The van der Waals surface area contributed by atoms with Gasteiger partial charge in [-0.05, 0) is 38.0 Å². The molecule has 0 amide bonds. The molecule has 3 aromatic rings. The van der Waals surface area contributed by atoms with Crippen LogP contribution in [-0.2, 0) is 16.1 Å². The summed E-state index contributed by atoms with van der Waals surface area (Å²) >= 11 is 0. The van der Waals surface area contributed by atoms with Gasteiger partial charge in [-0.15, -0.1) is 0 Å². The smallest absolute Gasteiger partial charge is 0.328 e. The van der Waals surface area contributed by atoms with E-state index in [1.165, 1.54) is 0 Å². The van der Waals surface area contributed by atoms with Crippen LogP contribution in [0.25, 0.3) is 21.9 Å². The molecule has 0 radical (unpaired) electrons. The first-order chi connectivity index (χ1) is 14.7. The average molecular weight is 422 g/mol. The van der Waals surface area contributed by atoms with Crippen molar-refractivity contribution in [2.45, 2.75) is 19.5 Å². The highest BCUT2D eigenvalue weighted by Gasteiger charge is 2.12. The van der Waals surface area contributed by atoms with Crippen molar-refractivity contribution in [1.82, 2.24) is 9.47 Å². The number of nitrogens with zero attached hydrogens (tertiary/aromatic N) is 2. The van der Waals surface area contributed by atoms with Crippen LogP contribution >= 0.6 is 0 Å². The van der Waals surface area contributed by atoms with E-state index in [-0.39, 0.29) is 11.6 Å².